The van der Waals surface area contributed by atoms with Gasteiger partial charge in [0, 0.05) is 11.3 Å². The Bertz CT molecular complexity index is 695. The molecule has 2 aromatic carbocycles. The van der Waals surface area contributed by atoms with Crippen molar-refractivity contribution in [3.8, 4) is 5.75 Å². The largest absolute Gasteiger partial charge is 0.494 e. The molecule has 3 N–H and O–H groups in total. The maximum atomic E-state index is 12.5. The van der Waals surface area contributed by atoms with Gasteiger partial charge in [0.25, 0.3) is 5.91 Å². The van der Waals surface area contributed by atoms with Gasteiger partial charge in [-0.15, -0.1) is 0 Å². The molecule has 1 aliphatic rings. The van der Waals surface area contributed by atoms with Crippen molar-refractivity contribution >= 4 is 11.6 Å². The minimum atomic E-state index is -0.0530. The van der Waals surface area contributed by atoms with Crippen molar-refractivity contribution in [2.45, 2.75) is 32.2 Å². The molecule has 0 spiro atoms. The van der Waals surface area contributed by atoms with Gasteiger partial charge in [0.05, 0.1) is 12.6 Å². The van der Waals surface area contributed by atoms with E-state index in [1.54, 1.807) is 12.1 Å². The maximum Gasteiger partial charge on any atom is 0.251 e. The minimum absolute atomic E-state index is 0.0530. The van der Waals surface area contributed by atoms with E-state index in [1.165, 1.54) is 11.1 Å². The molecule has 4 heteroatoms. The number of carbonyl (C=O) groups is 1. The van der Waals surface area contributed by atoms with E-state index in [-0.39, 0.29) is 11.9 Å². The van der Waals surface area contributed by atoms with Crippen LogP contribution in [0.15, 0.2) is 42.5 Å². The van der Waals surface area contributed by atoms with Gasteiger partial charge in [0.2, 0.25) is 0 Å². The first-order valence-corrected chi connectivity index (χ1v) is 8.09. The highest BCUT2D eigenvalue weighted by Crippen LogP contribution is 2.31. The number of nitrogen functional groups attached to an aromatic ring is 1. The number of ether oxygens (including phenoxy) is 1. The van der Waals surface area contributed by atoms with Gasteiger partial charge >= 0.3 is 0 Å². The SMILES string of the molecule is CCOc1ccc(C(=O)NC2CCCc3cc(N)ccc32)cc1. The molecule has 1 atom stereocenters. The first kappa shape index (κ1) is 15.4. The molecule has 0 aromatic heterocycles. The molecule has 0 aliphatic heterocycles. The predicted octanol–water partition coefficient (Wildman–Crippen LogP) is 3.47. The van der Waals surface area contributed by atoms with Gasteiger partial charge in [0.15, 0.2) is 0 Å². The van der Waals surface area contributed by atoms with Gasteiger partial charge in [-0.25, -0.2) is 0 Å². The van der Waals surface area contributed by atoms with Gasteiger partial charge in [0.1, 0.15) is 5.75 Å². The summed E-state index contributed by atoms with van der Waals surface area (Å²) in [5, 5.41) is 3.14. The van der Waals surface area contributed by atoms with Crippen LogP contribution in [0.1, 0.15) is 47.3 Å². The third kappa shape index (κ3) is 3.47. The van der Waals surface area contributed by atoms with E-state index in [4.69, 9.17) is 10.5 Å². The summed E-state index contributed by atoms with van der Waals surface area (Å²) in [4.78, 5) is 12.5. The summed E-state index contributed by atoms with van der Waals surface area (Å²) in [5.74, 6) is 0.727. The van der Waals surface area contributed by atoms with Crippen molar-refractivity contribution in [2.75, 3.05) is 12.3 Å². The highest BCUT2D eigenvalue weighted by molar-refractivity contribution is 5.94. The lowest BCUT2D eigenvalue weighted by Gasteiger charge is -2.26. The molecule has 23 heavy (non-hydrogen) atoms. The molecule has 0 fully saturated rings. The Morgan fingerprint density at radius 2 is 2.04 bits per heavy atom. The standard InChI is InChI=1S/C19H22N2O2/c1-2-23-16-9-6-13(7-10-16)19(22)21-18-5-3-4-14-12-15(20)8-11-17(14)18/h6-12,18H,2-5,20H2,1H3,(H,21,22). The van der Waals surface area contributed by atoms with Crippen molar-refractivity contribution < 1.29 is 9.53 Å². The van der Waals surface area contributed by atoms with Gasteiger partial charge in [-0.2, -0.15) is 0 Å². The topological polar surface area (TPSA) is 64.3 Å². The Morgan fingerprint density at radius 3 is 2.78 bits per heavy atom. The van der Waals surface area contributed by atoms with Crippen LogP contribution in [0.25, 0.3) is 0 Å². The van der Waals surface area contributed by atoms with Gasteiger partial charge in [-0.3, -0.25) is 4.79 Å². The summed E-state index contributed by atoms with van der Waals surface area (Å²) in [6, 6.07) is 13.3. The number of aryl methyl sites for hydroxylation is 1. The first-order valence-electron chi connectivity index (χ1n) is 8.09. The van der Waals surface area contributed by atoms with Crippen LogP contribution in [-0.4, -0.2) is 12.5 Å². The van der Waals surface area contributed by atoms with Gasteiger partial charge in [-0.05, 0) is 73.7 Å². The van der Waals surface area contributed by atoms with E-state index in [0.29, 0.717) is 12.2 Å². The molecule has 2 aromatic rings. The number of hydrogen-bond donors (Lipinski definition) is 2. The Hall–Kier alpha value is -2.49. The van der Waals surface area contributed by atoms with Crippen molar-refractivity contribution in [1.29, 1.82) is 0 Å². The predicted molar refractivity (Wildman–Crippen MR) is 91.6 cm³/mol. The molecule has 3 rings (SSSR count). The number of fused-ring (bicyclic) bond motifs is 1. The van der Waals surface area contributed by atoms with Crippen LogP contribution in [0.5, 0.6) is 5.75 Å². The fourth-order valence-electron chi connectivity index (χ4n) is 3.09. The number of rotatable bonds is 4. The molecular weight excluding hydrogens is 288 g/mol. The number of amides is 1. The van der Waals surface area contributed by atoms with E-state index in [2.05, 4.69) is 5.32 Å². The average molecular weight is 310 g/mol. The number of benzene rings is 2. The maximum absolute atomic E-state index is 12.5. The Morgan fingerprint density at radius 1 is 1.26 bits per heavy atom. The minimum Gasteiger partial charge on any atom is -0.494 e. The van der Waals surface area contributed by atoms with E-state index < -0.39 is 0 Å². The lowest BCUT2D eigenvalue weighted by molar-refractivity contribution is 0.0932. The summed E-state index contributed by atoms with van der Waals surface area (Å²) in [6.07, 6.45) is 3.04. The quantitative estimate of drug-likeness (QED) is 0.850. The molecule has 1 aliphatic carbocycles. The fourth-order valence-corrected chi connectivity index (χ4v) is 3.09. The van der Waals surface area contributed by atoms with Crippen LogP contribution in [0, 0.1) is 0 Å². The number of nitrogens with one attached hydrogen (secondary N) is 1. The highest BCUT2D eigenvalue weighted by atomic mass is 16.5. The van der Waals surface area contributed by atoms with E-state index in [1.807, 2.05) is 37.3 Å². The van der Waals surface area contributed by atoms with Crippen LogP contribution in [0.3, 0.4) is 0 Å². The molecule has 120 valence electrons. The second kappa shape index (κ2) is 6.73. The molecule has 1 amide bonds. The van der Waals surface area contributed by atoms with Crippen LogP contribution in [0.4, 0.5) is 5.69 Å². The monoisotopic (exact) mass is 310 g/mol. The molecular formula is C19H22N2O2. The fraction of sp³-hybridized carbons (Fsp3) is 0.316. The number of nitrogens with two attached hydrogens (primary N) is 1. The molecule has 4 nitrogen and oxygen atoms in total. The molecule has 0 radical (unpaired) electrons. The Labute approximate surface area is 136 Å². The van der Waals surface area contributed by atoms with E-state index >= 15 is 0 Å². The second-order valence-corrected chi connectivity index (χ2v) is 5.83. The summed E-state index contributed by atoms with van der Waals surface area (Å²) in [7, 11) is 0. The molecule has 1 unspecified atom stereocenters. The third-order valence-electron chi connectivity index (χ3n) is 4.21. The normalized spacial score (nSPS) is 16.5. The second-order valence-electron chi connectivity index (χ2n) is 5.83. The smallest absolute Gasteiger partial charge is 0.251 e. The lowest BCUT2D eigenvalue weighted by atomic mass is 9.87. The molecule has 0 bridgehead atoms. The van der Waals surface area contributed by atoms with Crippen molar-refractivity contribution in [3.63, 3.8) is 0 Å². The summed E-state index contributed by atoms with van der Waals surface area (Å²) in [5.41, 5.74) is 9.72. The molecule has 0 saturated heterocycles. The van der Waals surface area contributed by atoms with Crippen molar-refractivity contribution in [2.24, 2.45) is 0 Å². The van der Waals surface area contributed by atoms with Crippen LogP contribution in [-0.2, 0) is 6.42 Å². The highest BCUT2D eigenvalue weighted by Gasteiger charge is 2.22. The zero-order valence-corrected chi connectivity index (χ0v) is 13.3. The number of carbonyl (C=O) groups excluding carboxylic acids is 1. The third-order valence-corrected chi connectivity index (χ3v) is 4.21. The van der Waals surface area contributed by atoms with Gasteiger partial charge in [-0.1, -0.05) is 6.07 Å². The average Bonchev–Trinajstić information content (AvgIpc) is 2.55. The number of hydrogen-bond acceptors (Lipinski definition) is 3. The van der Waals surface area contributed by atoms with Crippen LogP contribution < -0.4 is 15.8 Å². The first-order chi connectivity index (χ1) is 11.2. The van der Waals surface area contributed by atoms with Crippen LogP contribution >= 0.6 is 0 Å². The zero-order valence-electron chi connectivity index (χ0n) is 13.3. The zero-order chi connectivity index (χ0) is 16.2. The van der Waals surface area contributed by atoms with Crippen molar-refractivity contribution in [3.05, 3.63) is 59.2 Å². The van der Waals surface area contributed by atoms with Crippen molar-refractivity contribution in [1.82, 2.24) is 5.32 Å². The van der Waals surface area contributed by atoms with Gasteiger partial charge < -0.3 is 15.8 Å². The Kier molecular flexibility index (Phi) is 4.51. The molecule has 0 heterocycles. The Balaban J connectivity index is 1.73. The van der Waals surface area contributed by atoms with E-state index in [9.17, 15) is 4.79 Å². The van der Waals surface area contributed by atoms with Crippen LogP contribution in [0.2, 0.25) is 0 Å². The number of anilines is 1. The molecule has 0 saturated carbocycles. The summed E-state index contributed by atoms with van der Waals surface area (Å²) < 4.78 is 5.40. The van der Waals surface area contributed by atoms with E-state index in [0.717, 1.165) is 30.7 Å². The lowest BCUT2D eigenvalue weighted by Crippen LogP contribution is -2.31. The summed E-state index contributed by atoms with van der Waals surface area (Å²) in [6.45, 7) is 2.56. The summed E-state index contributed by atoms with van der Waals surface area (Å²) >= 11 is 0.